The van der Waals surface area contributed by atoms with Gasteiger partial charge in [0, 0.05) is 22.0 Å². The standard InChI is InChI=1S/C21H17N3S/c1-15-12-13-25-21(15)14-22-18-8-4-2-6-16(18)10-11-20-17-7-3-5-9-19(17)23-24-20/h2-14H,1H3,(H,23,24)/b11-10+,22-14?. The predicted molar refractivity (Wildman–Crippen MR) is 108 cm³/mol. The number of rotatable bonds is 4. The lowest BCUT2D eigenvalue weighted by Gasteiger charge is -2.00. The third kappa shape index (κ3) is 3.30. The van der Waals surface area contributed by atoms with E-state index in [0.29, 0.717) is 0 Å². The molecule has 2 aromatic carbocycles. The Kier molecular flexibility index (Phi) is 4.27. The molecule has 0 atom stereocenters. The van der Waals surface area contributed by atoms with Gasteiger partial charge in [-0.15, -0.1) is 11.3 Å². The molecule has 0 fully saturated rings. The summed E-state index contributed by atoms with van der Waals surface area (Å²) in [5, 5.41) is 10.7. The molecule has 0 aliphatic heterocycles. The van der Waals surface area contributed by atoms with E-state index < -0.39 is 0 Å². The van der Waals surface area contributed by atoms with Crippen LogP contribution in [0.1, 0.15) is 21.7 Å². The van der Waals surface area contributed by atoms with Gasteiger partial charge in [-0.3, -0.25) is 10.1 Å². The van der Waals surface area contributed by atoms with E-state index >= 15 is 0 Å². The highest BCUT2D eigenvalue weighted by Crippen LogP contribution is 2.24. The molecule has 0 amide bonds. The average molecular weight is 343 g/mol. The lowest BCUT2D eigenvalue weighted by molar-refractivity contribution is 1.11. The molecule has 0 radical (unpaired) electrons. The minimum Gasteiger partial charge on any atom is -0.277 e. The highest BCUT2D eigenvalue weighted by molar-refractivity contribution is 7.11. The summed E-state index contributed by atoms with van der Waals surface area (Å²) in [6.45, 7) is 2.10. The number of nitrogens with zero attached hydrogens (tertiary/aromatic N) is 2. The van der Waals surface area contributed by atoms with Crippen molar-refractivity contribution in [2.24, 2.45) is 4.99 Å². The number of H-pyrrole nitrogens is 1. The Morgan fingerprint density at radius 1 is 1.00 bits per heavy atom. The molecule has 3 nitrogen and oxygen atoms in total. The molecule has 0 saturated carbocycles. The van der Waals surface area contributed by atoms with Crippen LogP contribution in [0.4, 0.5) is 5.69 Å². The Hall–Kier alpha value is -2.98. The van der Waals surface area contributed by atoms with E-state index in [-0.39, 0.29) is 0 Å². The molecule has 0 saturated heterocycles. The molecule has 122 valence electrons. The molecule has 4 aromatic rings. The van der Waals surface area contributed by atoms with Crippen LogP contribution in [0, 0.1) is 6.92 Å². The van der Waals surface area contributed by atoms with Crippen LogP contribution in [0.15, 0.2) is 65.0 Å². The number of aliphatic imine (C=N–C) groups is 1. The molecule has 1 N–H and O–H groups in total. The maximum absolute atomic E-state index is 4.68. The molecule has 4 heteroatoms. The van der Waals surface area contributed by atoms with Crippen LogP contribution in [-0.2, 0) is 0 Å². The van der Waals surface area contributed by atoms with Gasteiger partial charge in [0.15, 0.2) is 0 Å². The SMILES string of the molecule is Cc1ccsc1C=Nc1ccccc1/C=C/c1n[nH]c2ccccc12. The number of benzene rings is 2. The maximum Gasteiger partial charge on any atom is 0.0927 e. The molecule has 2 heterocycles. The normalized spacial score (nSPS) is 11.9. The van der Waals surface area contributed by atoms with Crippen molar-refractivity contribution in [2.75, 3.05) is 0 Å². The van der Waals surface area contributed by atoms with E-state index in [4.69, 9.17) is 0 Å². The second kappa shape index (κ2) is 6.87. The first-order chi connectivity index (χ1) is 12.3. The fourth-order valence-electron chi connectivity index (χ4n) is 2.67. The monoisotopic (exact) mass is 343 g/mol. The van der Waals surface area contributed by atoms with E-state index in [1.807, 2.05) is 48.7 Å². The Labute approximate surface area is 150 Å². The number of nitrogens with one attached hydrogen (secondary N) is 1. The van der Waals surface area contributed by atoms with Gasteiger partial charge in [0.1, 0.15) is 0 Å². The molecule has 0 spiro atoms. The molecule has 0 bridgehead atoms. The van der Waals surface area contributed by atoms with Crippen LogP contribution in [0.2, 0.25) is 0 Å². The minimum atomic E-state index is 0.934. The fraction of sp³-hybridized carbons (Fsp3) is 0.0476. The first kappa shape index (κ1) is 15.5. The third-order valence-electron chi connectivity index (χ3n) is 4.08. The number of hydrogen-bond donors (Lipinski definition) is 1. The van der Waals surface area contributed by atoms with Gasteiger partial charge in [-0.05, 0) is 42.1 Å². The van der Waals surface area contributed by atoms with E-state index in [2.05, 4.69) is 51.8 Å². The largest absolute Gasteiger partial charge is 0.277 e. The van der Waals surface area contributed by atoms with Crippen molar-refractivity contribution in [3.05, 3.63) is 81.7 Å². The van der Waals surface area contributed by atoms with Crippen LogP contribution < -0.4 is 0 Å². The maximum atomic E-state index is 4.68. The Morgan fingerprint density at radius 3 is 2.72 bits per heavy atom. The van der Waals surface area contributed by atoms with Gasteiger partial charge in [-0.25, -0.2) is 0 Å². The summed E-state index contributed by atoms with van der Waals surface area (Å²) in [5.74, 6) is 0. The zero-order chi connectivity index (χ0) is 17.1. The topological polar surface area (TPSA) is 41.0 Å². The summed E-state index contributed by atoms with van der Waals surface area (Å²) in [5.41, 5.74) is 5.25. The van der Waals surface area contributed by atoms with Gasteiger partial charge in [0.2, 0.25) is 0 Å². The Morgan fingerprint density at radius 2 is 1.84 bits per heavy atom. The number of para-hydroxylation sites is 2. The number of thiophene rings is 1. The number of hydrogen-bond acceptors (Lipinski definition) is 3. The number of aromatic nitrogens is 2. The third-order valence-corrected chi connectivity index (χ3v) is 5.03. The summed E-state index contributed by atoms with van der Waals surface area (Å²) < 4.78 is 0. The minimum absolute atomic E-state index is 0.934. The molecule has 0 unspecified atom stereocenters. The van der Waals surface area contributed by atoms with Gasteiger partial charge in [-0.2, -0.15) is 5.10 Å². The molecular weight excluding hydrogens is 326 g/mol. The van der Waals surface area contributed by atoms with Crippen molar-refractivity contribution in [3.63, 3.8) is 0 Å². The van der Waals surface area contributed by atoms with Crippen molar-refractivity contribution in [1.82, 2.24) is 10.2 Å². The van der Waals surface area contributed by atoms with Crippen molar-refractivity contribution in [1.29, 1.82) is 0 Å². The second-order valence-electron chi connectivity index (χ2n) is 5.77. The van der Waals surface area contributed by atoms with Crippen molar-refractivity contribution in [3.8, 4) is 0 Å². The van der Waals surface area contributed by atoms with Crippen LogP contribution >= 0.6 is 11.3 Å². The van der Waals surface area contributed by atoms with Crippen LogP contribution in [0.5, 0.6) is 0 Å². The second-order valence-corrected chi connectivity index (χ2v) is 6.72. The molecule has 0 aliphatic rings. The molecule has 2 aromatic heterocycles. The summed E-state index contributed by atoms with van der Waals surface area (Å²) in [6.07, 6.45) is 6.04. The Bertz CT molecular complexity index is 1070. The van der Waals surface area contributed by atoms with Crippen molar-refractivity contribution < 1.29 is 0 Å². The Balaban J connectivity index is 1.65. The first-order valence-corrected chi connectivity index (χ1v) is 8.97. The smallest absolute Gasteiger partial charge is 0.0927 e. The highest BCUT2D eigenvalue weighted by atomic mass is 32.1. The summed E-state index contributed by atoms with van der Waals surface area (Å²) in [4.78, 5) is 5.87. The zero-order valence-corrected chi connectivity index (χ0v) is 14.6. The fourth-order valence-corrected chi connectivity index (χ4v) is 3.46. The van der Waals surface area contributed by atoms with Gasteiger partial charge in [-0.1, -0.05) is 42.5 Å². The molecule has 4 rings (SSSR count). The number of aromatic amines is 1. The molecular formula is C21H17N3S. The highest BCUT2D eigenvalue weighted by Gasteiger charge is 2.02. The molecule has 25 heavy (non-hydrogen) atoms. The van der Waals surface area contributed by atoms with Crippen LogP contribution in [0.3, 0.4) is 0 Å². The quantitative estimate of drug-likeness (QED) is 0.464. The van der Waals surface area contributed by atoms with Crippen molar-refractivity contribution in [2.45, 2.75) is 6.92 Å². The van der Waals surface area contributed by atoms with E-state index in [1.54, 1.807) is 11.3 Å². The van der Waals surface area contributed by atoms with Crippen LogP contribution in [0.25, 0.3) is 23.1 Å². The summed E-state index contributed by atoms with van der Waals surface area (Å²) in [7, 11) is 0. The predicted octanol–water partition coefficient (Wildman–Crippen LogP) is 5.85. The van der Waals surface area contributed by atoms with Gasteiger partial charge >= 0.3 is 0 Å². The average Bonchev–Trinajstić information content (AvgIpc) is 3.25. The lowest BCUT2D eigenvalue weighted by atomic mass is 10.1. The first-order valence-electron chi connectivity index (χ1n) is 8.09. The van der Waals surface area contributed by atoms with E-state index in [1.165, 1.54) is 10.4 Å². The van der Waals surface area contributed by atoms with Gasteiger partial charge in [0.05, 0.1) is 16.9 Å². The zero-order valence-electron chi connectivity index (χ0n) is 13.8. The van der Waals surface area contributed by atoms with Gasteiger partial charge < -0.3 is 0 Å². The summed E-state index contributed by atoms with van der Waals surface area (Å²) >= 11 is 1.71. The summed E-state index contributed by atoms with van der Waals surface area (Å²) in [6, 6.07) is 18.4. The van der Waals surface area contributed by atoms with Crippen molar-refractivity contribution >= 4 is 46.3 Å². The lowest BCUT2D eigenvalue weighted by Crippen LogP contribution is -1.80. The number of fused-ring (bicyclic) bond motifs is 1. The van der Waals surface area contributed by atoms with Crippen LogP contribution in [-0.4, -0.2) is 16.4 Å². The number of aryl methyl sites for hydroxylation is 1. The van der Waals surface area contributed by atoms with E-state index in [0.717, 1.165) is 27.8 Å². The molecule has 0 aliphatic carbocycles. The van der Waals surface area contributed by atoms with Gasteiger partial charge in [0.25, 0.3) is 0 Å². The van der Waals surface area contributed by atoms with E-state index in [9.17, 15) is 0 Å².